The highest BCUT2D eigenvalue weighted by atomic mass is 32.2. The number of aromatic hydroxyl groups is 1. The molecule has 0 bridgehead atoms. The van der Waals surface area contributed by atoms with Crippen LogP contribution >= 0.6 is 0 Å². The maximum absolute atomic E-state index is 11.5. The zero-order valence-electron chi connectivity index (χ0n) is 13.2. The Morgan fingerprint density at radius 2 is 1.58 bits per heavy atom. The summed E-state index contributed by atoms with van der Waals surface area (Å²) in [6.07, 6.45) is 0. The fourth-order valence-corrected chi connectivity index (χ4v) is 3.19. The summed E-state index contributed by atoms with van der Waals surface area (Å²) in [5, 5.41) is 36.5. The smallest absolute Gasteiger partial charge is 0.488 e. The first-order valence-electron chi connectivity index (χ1n) is 7.37. The molecule has 0 fully saturated rings. The molecule has 132 valence electrons. The van der Waals surface area contributed by atoms with Gasteiger partial charge in [-0.3, -0.25) is 4.55 Å². The Bertz CT molecular complexity index is 1100. The Morgan fingerprint density at radius 1 is 0.885 bits per heavy atom. The van der Waals surface area contributed by atoms with Gasteiger partial charge in [0.2, 0.25) is 0 Å². The van der Waals surface area contributed by atoms with Gasteiger partial charge in [-0.1, -0.05) is 24.3 Å². The quantitative estimate of drug-likeness (QED) is 0.313. The Kier molecular flexibility index (Phi) is 4.74. The predicted molar refractivity (Wildman–Crippen MR) is 95.9 cm³/mol. The standard InChI is InChI=1S/C16H13BN2O6S/c20-14-9-8-13(12-2-1-3-15(16(12)14)26(23,24)25)19-18-11-6-4-10(5-7-11)17(21)22/h1-9,20-22H,(H,23,24,25). The van der Waals surface area contributed by atoms with Crippen molar-refractivity contribution in [3.05, 3.63) is 54.6 Å². The number of fused-ring (bicyclic) bond motifs is 1. The zero-order chi connectivity index (χ0) is 18.9. The van der Waals surface area contributed by atoms with E-state index < -0.39 is 22.1 Å². The summed E-state index contributed by atoms with van der Waals surface area (Å²) < 4.78 is 32.4. The minimum Gasteiger partial charge on any atom is -0.507 e. The van der Waals surface area contributed by atoms with Crippen LogP contribution in [0.5, 0.6) is 5.75 Å². The molecule has 4 N–H and O–H groups in total. The molecule has 0 amide bonds. The maximum Gasteiger partial charge on any atom is 0.488 e. The van der Waals surface area contributed by atoms with E-state index in [1.807, 2.05) is 0 Å². The predicted octanol–water partition coefficient (Wildman–Crippen LogP) is 1.89. The molecule has 0 saturated carbocycles. The molecule has 0 radical (unpaired) electrons. The van der Waals surface area contributed by atoms with Crippen LogP contribution in [-0.4, -0.2) is 35.2 Å². The molecule has 0 aliphatic rings. The Labute approximate surface area is 149 Å². The first kappa shape index (κ1) is 18.0. The first-order valence-corrected chi connectivity index (χ1v) is 8.81. The molecule has 3 aromatic rings. The average Bonchev–Trinajstić information content (AvgIpc) is 2.60. The van der Waals surface area contributed by atoms with Gasteiger partial charge in [0.15, 0.2) is 0 Å². The molecule has 10 heteroatoms. The van der Waals surface area contributed by atoms with E-state index in [9.17, 15) is 18.1 Å². The van der Waals surface area contributed by atoms with Crippen molar-refractivity contribution in [2.45, 2.75) is 4.90 Å². The van der Waals surface area contributed by atoms with E-state index in [1.54, 1.807) is 6.07 Å². The third-order valence-corrected chi connectivity index (χ3v) is 4.60. The molecule has 0 spiro atoms. The molecule has 0 heterocycles. The van der Waals surface area contributed by atoms with Crippen LogP contribution in [0.4, 0.5) is 11.4 Å². The van der Waals surface area contributed by atoms with Crippen molar-refractivity contribution in [1.82, 2.24) is 0 Å². The summed E-state index contributed by atoms with van der Waals surface area (Å²) in [6.45, 7) is 0. The minimum atomic E-state index is -4.53. The maximum atomic E-state index is 11.5. The van der Waals surface area contributed by atoms with Crippen LogP contribution in [0.1, 0.15) is 0 Å². The Morgan fingerprint density at radius 3 is 2.19 bits per heavy atom. The lowest BCUT2D eigenvalue weighted by molar-refractivity contribution is 0.425. The second-order valence-corrected chi connectivity index (χ2v) is 6.81. The lowest BCUT2D eigenvalue weighted by atomic mass is 9.80. The molecule has 3 rings (SSSR count). The van der Waals surface area contributed by atoms with Crippen LogP contribution in [0.25, 0.3) is 10.8 Å². The topological polar surface area (TPSA) is 140 Å². The molecule has 26 heavy (non-hydrogen) atoms. The van der Waals surface area contributed by atoms with Crippen molar-refractivity contribution in [3.63, 3.8) is 0 Å². The highest BCUT2D eigenvalue weighted by Gasteiger charge is 2.18. The highest BCUT2D eigenvalue weighted by Crippen LogP contribution is 2.37. The van der Waals surface area contributed by atoms with Crippen molar-refractivity contribution < 1.29 is 28.1 Å². The number of rotatable bonds is 4. The van der Waals surface area contributed by atoms with Gasteiger partial charge < -0.3 is 15.2 Å². The van der Waals surface area contributed by atoms with Gasteiger partial charge >= 0.3 is 7.12 Å². The molecule has 0 atom stereocenters. The van der Waals surface area contributed by atoms with Crippen LogP contribution in [-0.2, 0) is 10.1 Å². The summed E-state index contributed by atoms with van der Waals surface area (Å²) >= 11 is 0. The fraction of sp³-hybridized carbons (Fsp3) is 0. The fourth-order valence-electron chi connectivity index (χ4n) is 2.47. The molecule has 0 aromatic heterocycles. The first-order chi connectivity index (χ1) is 12.3. The second kappa shape index (κ2) is 6.85. The van der Waals surface area contributed by atoms with Gasteiger partial charge in [-0.05, 0) is 35.8 Å². The molecule has 0 unspecified atom stereocenters. The molecular formula is C16H13BN2O6S. The van der Waals surface area contributed by atoms with Gasteiger partial charge in [-0.15, -0.1) is 5.11 Å². The van der Waals surface area contributed by atoms with Crippen LogP contribution in [0.3, 0.4) is 0 Å². The molecular weight excluding hydrogens is 359 g/mol. The number of azo groups is 1. The number of nitrogens with zero attached hydrogens (tertiary/aromatic N) is 2. The third-order valence-electron chi connectivity index (χ3n) is 3.70. The second-order valence-electron chi connectivity index (χ2n) is 5.42. The van der Waals surface area contributed by atoms with E-state index >= 15 is 0 Å². The van der Waals surface area contributed by atoms with E-state index in [0.717, 1.165) is 0 Å². The van der Waals surface area contributed by atoms with E-state index in [1.165, 1.54) is 48.5 Å². The SMILES string of the molecule is O=S(=O)(O)c1cccc2c(N=Nc3ccc(B(O)O)cc3)ccc(O)c12. The Hall–Kier alpha value is -2.79. The van der Waals surface area contributed by atoms with Gasteiger partial charge in [-0.25, -0.2) is 0 Å². The monoisotopic (exact) mass is 372 g/mol. The molecule has 0 aliphatic heterocycles. The Balaban J connectivity index is 2.07. The van der Waals surface area contributed by atoms with Crippen molar-refractivity contribution in [2.75, 3.05) is 0 Å². The number of hydrogen-bond acceptors (Lipinski definition) is 7. The third kappa shape index (κ3) is 3.58. The lowest BCUT2D eigenvalue weighted by Gasteiger charge is -2.07. The molecule has 0 aliphatic carbocycles. The highest BCUT2D eigenvalue weighted by molar-refractivity contribution is 7.86. The number of hydrogen-bond donors (Lipinski definition) is 4. The summed E-state index contributed by atoms with van der Waals surface area (Å²) in [5.41, 5.74) is 1.02. The lowest BCUT2D eigenvalue weighted by Crippen LogP contribution is -2.29. The van der Waals surface area contributed by atoms with Crippen molar-refractivity contribution in [2.24, 2.45) is 10.2 Å². The van der Waals surface area contributed by atoms with Crippen LogP contribution < -0.4 is 5.46 Å². The van der Waals surface area contributed by atoms with Crippen LogP contribution in [0.15, 0.2) is 69.7 Å². The van der Waals surface area contributed by atoms with E-state index in [4.69, 9.17) is 10.0 Å². The molecule has 0 saturated heterocycles. The van der Waals surface area contributed by atoms with Gasteiger partial charge in [0.1, 0.15) is 10.6 Å². The largest absolute Gasteiger partial charge is 0.507 e. The molecule has 3 aromatic carbocycles. The van der Waals surface area contributed by atoms with Gasteiger partial charge in [0.05, 0.1) is 11.4 Å². The summed E-state index contributed by atoms with van der Waals surface area (Å²) in [6, 6.07) is 12.9. The average molecular weight is 372 g/mol. The number of phenolic OH excluding ortho intramolecular Hbond substituents is 1. The van der Waals surface area contributed by atoms with E-state index in [-0.39, 0.29) is 16.8 Å². The summed E-state index contributed by atoms with van der Waals surface area (Å²) in [5.74, 6) is -0.312. The summed E-state index contributed by atoms with van der Waals surface area (Å²) in [7, 11) is -6.11. The van der Waals surface area contributed by atoms with Gasteiger partial charge in [0, 0.05) is 10.8 Å². The minimum absolute atomic E-state index is 0.0507. The molecule has 8 nitrogen and oxygen atoms in total. The van der Waals surface area contributed by atoms with Crippen LogP contribution in [0.2, 0.25) is 0 Å². The van der Waals surface area contributed by atoms with Gasteiger partial charge in [-0.2, -0.15) is 13.5 Å². The normalized spacial score (nSPS) is 12.0. The van der Waals surface area contributed by atoms with Crippen molar-refractivity contribution in [3.8, 4) is 5.75 Å². The van der Waals surface area contributed by atoms with Crippen molar-refractivity contribution in [1.29, 1.82) is 0 Å². The number of benzene rings is 3. The van der Waals surface area contributed by atoms with E-state index in [2.05, 4.69) is 10.2 Å². The zero-order valence-corrected chi connectivity index (χ0v) is 14.0. The van der Waals surface area contributed by atoms with Gasteiger partial charge in [0.25, 0.3) is 10.1 Å². The number of phenols is 1. The summed E-state index contributed by atoms with van der Waals surface area (Å²) in [4.78, 5) is -0.425. The van der Waals surface area contributed by atoms with Crippen LogP contribution in [0, 0.1) is 0 Å². The van der Waals surface area contributed by atoms with E-state index in [0.29, 0.717) is 16.5 Å². The van der Waals surface area contributed by atoms with Crippen molar-refractivity contribution >= 4 is 44.8 Å².